The Labute approximate surface area is 786 Å². The Kier molecular flexibility index (Phi) is 28.3. The summed E-state index contributed by atoms with van der Waals surface area (Å²) < 4.78 is 52.8. The first kappa shape index (κ1) is 93.5. The Morgan fingerprint density at radius 1 is 0.370 bits per heavy atom. The first-order valence-electron chi connectivity index (χ1n) is 44.7. The van der Waals surface area contributed by atoms with Crippen molar-refractivity contribution >= 4 is 115 Å². The van der Waals surface area contributed by atoms with Gasteiger partial charge in [0.1, 0.15) is 28.6 Å². The molecule has 0 unspecified atom stereocenters. The predicted octanol–water partition coefficient (Wildman–Crippen LogP) is 8.29. The van der Waals surface area contributed by atoms with Crippen LogP contribution in [0.3, 0.4) is 0 Å². The average molecular weight is 1880 g/mol. The maximum absolute atomic E-state index is 14.2. The van der Waals surface area contributed by atoms with Crippen LogP contribution in [0, 0.1) is 12.7 Å². The smallest absolute Gasteiger partial charge is 0.280 e. The number of methoxy groups -OCH3 is 4. The van der Waals surface area contributed by atoms with Crippen molar-refractivity contribution in [2.24, 2.45) is 0 Å². The summed E-state index contributed by atoms with van der Waals surface area (Å²) >= 11 is 0. The number of nitrogens with one attached hydrogen (secondary N) is 12. The normalized spacial score (nSPS) is 18.0. The van der Waals surface area contributed by atoms with Gasteiger partial charge in [0.25, 0.3) is 45.9 Å². The molecule has 16 heterocycles. The molecule has 12 N–H and O–H groups in total. The molecule has 4 aliphatic carbocycles. The topological polar surface area (TPSA) is 506 Å². The lowest BCUT2D eigenvalue weighted by atomic mass is 9.89. The van der Waals surface area contributed by atoms with E-state index in [1.807, 2.05) is 37.4 Å². The number of pyridine rings is 7. The summed E-state index contributed by atoms with van der Waals surface area (Å²) in [5.41, 5.74) is 7.17. The number of aromatic nitrogens is 19. The van der Waals surface area contributed by atoms with Gasteiger partial charge < -0.3 is 92.1 Å². The fourth-order valence-electron chi connectivity index (χ4n) is 16.5. The fraction of sp³-hybridized carbons (Fsp3) is 0.323. The number of aryl methyl sites for hydroxylation is 1. The van der Waals surface area contributed by atoms with E-state index in [1.54, 1.807) is 165 Å². The number of carbonyl (C=O) groups is 4. The number of imidazole rings is 4. The van der Waals surface area contributed by atoms with Crippen LogP contribution in [0.15, 0.2) is 203 Å². The molecule has 8 atom stereocenters. The van der Waals surface area contributed by atoms with Gasteiger partial charge in [-0.15, -0.1) is 20.4 Å². The highest BCUT2D eigenvalue weighted by molar-refractivity contribution is 5.97. The summed E-state index contributed by atoms with van der Waals surface area (Å²) in [5, 5.41) is 54.6. The van der Waals surface area contributed by atoms with Gasteiger partial charge in [0.2, 0.25) is 0 Å². The highest BCUT2D eigenvalue weighted by Gasteiger charge is 2.38. The van der Waals surface area contributed by atoms with Crippen LogP contribution in [0.5, 0.6) is 0 Å². The van der Waals surface area contributed by atoms with E-state index in [-0.39, 0.29) is 129 Å². The van der Waals surface area contributed by atoms with E-state index >= 15 is 0 Å². The Morgan fingerprint density at radius 2 is 0.732 bits per heavy atom. The van der Waals surface area contributed by atoms with Crippen molar-refractivity contribution in [2.75, 3.05) is 112 Å². The van der Waals surface area contributed by atoms with Crippen molar-refractivity contribution < 1.29 is 47.3 Å². The van der Waals surface area contributed by atoms with Gasteiger partial charge in [0, 0.05) is 143 Å². The number of anilines is 12. The number of amides is 4. The lowest BCUT2D eigenvalue weighted by Gasteiger charge is -2.35. The quantitative estimate of drug-likeness (QED) is 0.0219. The molecule has 4 amide bonds. The third-order valence-electron chi connectivity index (χ3n) is 24.7. The number of halogens is 1. The van der Waals surface area contributed by atoms with Gasteiger partial charge in [-0.3, -0.25) is 57.0 Å². The van der Waals surface area contributed by atoms with Crippen LogP contribution in [0.4, 0.5) is 73.2 Å². The van der Waals surface area contributed by atoms with Gasteiger partial charge in [-0.05, 0) is 156 Å². The molecule has 1 saturated heterocycles. The van der Waals surface area contributed by atoms with Crippen molar-refractivity contribution in [1.29, 1.82) is 0 Å². The molecule has 44 nitrogen and oxygen atoms in total. The van der Waals surface area contributed by atoms with Crippen LogP contribution in [0.1, 0.15) is 118 Å². The van der Waals surface area contributed by atoms with Gasteiger partial charge in [0.05, 0.1) is 108 Å². The van der Waals surface area contributed by atoms with Crippen molar-refractivity contribution in [3.63, 3.8) is 0 Å². The third kappa shape index (κ3) is 19.7. The van der Waals surface area contributed by atoms with Gasteiger partial charge in [0.15, 0.2) is 80.3 Å². The molecule has 138 heavy (non-hydrogen) atoms. The summed E-state index contributed by atoms with van der Waals surface area (Å²) in [6.45, 7) is 3.18. The monoisotopic (exact) mass is 1880 g/mol. The van der Waals surface area contributed by atoms with E-state index in [9.17, 15) is 42.7 Å². The van der Waals surface area contributed by atoms with Crippen LogP contribution < -0.4 is 86.0 Å². The van der Waals surface area contributed by atoms with E-state index in [0.717, 1.165) is 74.5 Å². The number of hydrogen-bond acceptors (Lipinski definition) is 32. The highest BCUT2D eigenvalue weighted by Crippen LogP contribution is 2.32. The number of ether oxygens (including phenoxy) is 5. The maximum atomic E-state index is 14.2. The Hall–Kier alpha value is -16.3. The van der Waals surface area contributed by atoms with E-state index in [0.29, 0.717) is 110 Å². The van der Waals surface area contributed by atoms with Crippen molar-refractivity contribution in [1.82, 2.24) is 113 Å². The minimum atomic E-state index is -0.625. The number of rotatable bonds is 28. The summed E-state index contributed by atoms with van der Waals surface area (Å²) in [6.07, 6.45) is 25.9. The van der Waals surface area contributed by atoms with Crippen molar-refractivity contribution in [3.8, 4) is 17.3 Å². The van der Waals surface area contributed by atoms with E-state index in [1.165, 1.54) is 76.5 Å². The molecule has 45 heteroatoms. The molecule has 20 rings (SSSR count). The molecule has 714 valence electrons. The first-order chi connectivity index (χ1) is 67.1. The SMILES string of the molecule is CNc1cc(Nc2cccn(-c3ccc(C)nc3)c2=O)nn2c(C(=O)N[C@H]3CC[C@@H]3OC)cnc12.CNc1cc(Nc2cccn(-c3ccccn3)c2=O)nn2c(C(=O)N[C@H]3CC[C@@H]3OC)cnc12.CNc1cc(Nc2cccn(-c3ncccc3F)c2=O)nn2c(C(=O)N[C@H]3CC[C@@H]3OC)cnc12.CNc1cc(Nc2cccn(C3CCOCC3)c2=O)nn2c(C(=O)N[C@H]3CC[C@@H]3OC)cnc12. The van der Waals surface area contributed by atoms with Crippen LogP contribution in [0.25, 0.3) is 39.9 Å². The molecule has 15 aromatic rings. The molecule has 0 aromatic carbocycles. The zero-order valence-electron chi connectivity index (χ0n) is 76.7. The number of hydrogen-bond donors (Lipinski definition) is 12. The molecule has 0 radical (unpaired) electrons. The largest absolute Gasteiger partial charge is 0.385 e. The molecule has 15 aromatic heterocycles. The standard InChI is InChI=1S/C24H26N8O3.C23H23FN8O3.C23H24N8O3.C23H29N7O4/c1-14-6-7-15(12-26-14)31-10-4-5-17(24(31)34)28-21-11-18(25-2)22-27-13-19(32(22)30-21)23(33)29-16-8-9-20(16)35-3;1-25-16-11-19(28-15-6-4-10-31(23(15)34)20-13(24)5-3-9-26-20)30-32-17(12-27-21(16)32)22(33)29-14-7-8-18(14)35-2;1-24-16-12-19(27-15-6-5-11-30(23(15)33)20-7-3-4-10-25-20)29-31-17(13-26-21(16)31)22(32)28-14-8-9-18(14)34-2;1-24-17-12-20(26-16-4-3-9-29(23(16)32)14-7-10-34-11-8-14)28-30-18(13-25-21(17)30)22(31)27-15-5-6-19(15)33-2/h4-7,10-13,16,20,25H,8-9H2,1-3H3,(H,28,30)(H,29,33);3-6,9-12,14,18,25H,7-8H2,1-2H3,(H,28,30)(H,29,33);3-7,10-14,18,24H,8-9H2,1-2H3,(H,27,29)(H,28,32);3-4,9,12-15,19,24H,5-8,10-11H2,1-2H3,(H,26,28)(H,27,31)/t16-,20-;2*14-,18-;15-,19-/m0000/s1. The van der Waals surface area contributed by atoms with E-state index < -0.39 is 11.4 Å². The first-order valence-corrected chi connectivity index (χ1v) is 44.7. The second kappa shape index (κ2) is 41.7. The Bertz CT molecular complexity index is 7250. The highest BCUT2D eigenvalue weighted by atomic mass is 19.1. The van der Waals surface area contributed by atoms with Gasteiger partial charge in [-0.1, -0.05) is 6.07 Å². The number of nitrogens with zero attached hydrogens (tertiary/aromatic N) is 19. The molecule has 5 aliphatic rings. The van der Waals surface area contributed by atoms with E-state index in [2.05, 4.69) is 119 Å². The second-order valence-electron chi connectivity index (χ2n) is 32.9. The van der Waals surface area contributed by atoms with Gasteiger partial charge in [-0.2, -0.15) is 0 Å². The van der Waals surface area contributed by atoms with Crippen molar-refractivity contribution in [3.05, 3.63) is 259 Å². The molecule has 1 aliphatic heterocycles. The van der Waals surface area contributed by atoms with Crippen LogP contribution in [-0.2, 0) is 23.7 Å². The molecule has 0 spiro atoms. The maximum Gasteiger partial charge on any atom is 0.280 e. The van der Waals surface area contributed by atoms with E-state index in [4.69, 9.17) is 23.7 Å². The fourth-order valence-corrected chi connectivity index (χ4v) is 16.5. The Balaban J connectivity index is 0.000000127. The van der Waals surface area contributed by atoms with Crippen LogP contribution >= 0.6 is 0 Å². The minimum Gasteiger partial charge on any atom is -0.385 e. The summed E-state index contributed by atoms with van der Waals surface area (Å²) in [6, 6.07) is 32.1. The number of fused-ring (bicyclic) bond motifs is 4. The predicted molar refractivity (Wildman–Crippen MR) is 512 cm³/mol. The van der Waals surface area contributed by atoms with Crippen molar-refractivity contribution in [2.45, 2.75) is 126 Å². The summed E-state index contributed by atoms with van der Waals surface area (Å²) in [5.74, 6) is 0.0493. The average Bonchev–Trinajstić information content (AvgIpc) is 1.62. The third-order valence-corrected chi connectivity index (χ3v) is 24.7. The zero-order valence-corrected chi connectivity index (χ0v) is 76.7. The second-order valence-corrected chi connectivity index (χ2v) is 32.9. The minimum absolute atomic E-state index is 0.0135. The molecule has 0 bridgehead atoms. The zero-order chi connectivity index (χ0) is 96.4. The van der Waals surface area contributed by atoms with Crippen LogP contribution in [-0.4, -0.2) is 234 Å². The molecule has 4 saturated carbocycles. The molecule has 5 fully saturated rings. The summed E-state index contributed by atoms with van der Waals surface area (Å²) in [4.78, 5) is 134. The van der Waals surface area contributed by atoms with Crippen LogP contribution in [0.2, 0.25) is 0 Å². The van der Waals surface area contributed by atoms with Gasteiger partial charge in [-0.25, -0.2) is 52.4 Å². The Morgan fingerprint density at radius 3 is 1.08 bits per heavy atom. The van der Waals surface area contributed by atoms with Gasteiger partial charge >= 0.3 is 0 Å². The molecular weight excluding hydrogens is 1780 g/mol. The lowest BCUT2D eigenvalue weighted by molar-refractivity contribution is 0.00717. The summed E-state index contributed by atoms with van der Waals surface area (Å²) in [7, 11) is 13.5. The number of carbonyl (C=O) groups excluding carboxylic acids is 4. The lowest BCUT2D eigenvalue weighted by Crippen LogP contribution is -2.51. The molecular formula is C93H102FN31O13.